The Bertz CT molecular complexity index is 709. The molecule has 0 aromatic heterocycles. The molecule has 0 saturated heterocycles. The lowest BCUT2D eigenvalue weighted by molar-refractivity contribution is -0.137. The van der Waals surface area contributed by atoms with Gasteiger partial charge >= 0.3 is 6.18 Å². The van der Waals surface area contributed by atoms with Gasteiger partial charge in [-0.1, -0.05) is 38.1 Å². The zero-order valence-corrected chi connectivity index (χ0v) is 14.1. The van der Waals surface area contributed by atoms with Crippen molar-refractivity contribution in [2.24, 2.45) is 0 Å². The van der Waals surface area contributed by atoms with Crippen LogP contribution in [0, 0.1) is 0 Å². The SMILES string of the molecule is CC(C)c1ccc(OCC(=O)NCc2cccc(C(F)(F)F)c2)cc1. The molecule has 3 nitrogen and oxygen atoms in total. The number of nitrogens with one attached hydrogen (secondary N) is 1. The molecule has 6 heteroatoms. The van der Waals surface area contributed by atoms with E-state index in [0.717, 1.165) is 12.1 Å². The molecule has 25 heavy (non-hydrogen) atoms. The molecule has 134 valence electrons. The number of carbonyl (C=O) groups is 1. The van der Waals surface area contributed by atoms with Crippen molar-refractivity contribution in [3.63, 3.8) is 0 Å². The van der Waals surface area contributed by atoms with Crippen LogP contribution in [0.25, 0.3) is 0 Å². The van der Waals surface area contributed by atoms with Crippen LogP contribution in [0.15, 0.2) is 48.5 Å². The van der Waals surface area contributed by atoms with E-state index in [1.54, 1.807) is 12.1 Å². The molecule has 0 heterocycles. The highest BCUT2D eigenvalue weighted by atomic mass is 19.4. The highest BCUT2D eigenvalue weighted by molar-refractivity contribution is 5.77. The average molecular weight is 351 g/mol. The maximum absolute atomic E-state index is 12.6. The normalized spacial score (nSPS) is 11.4. The first-order valence-electron chi connectivity index (χ1n) is 7.91. The van der Waals surface area contributed by atoms with Crippen molar-refractivity contribution in [1.82, 2.24) is 5.32 Å². The van der Waals surface area contributed by atoms with Crippen LogP contribution in [0.2, 0.25) is 0 Å². The van der Waals surface area contributed by atoms with Gasteiger partial charge in [-0.2, -0.15) is 13.2 Å². The van der Waals surface area contributed by atoms with Crippen molar-refractivity contribution in [3.8, 4) is 5.75 Å². The second-order valence-electron chi connectivity index (χ2n) is 5.99. The van der Waals surface area contributed by atoms with Crippen LogP contribution < -0.4 is 10.1 Å². The van der Waals surface area contributed by atoms with E-state index in [1.165, 1.54) is 17.7 Å². The van der Waals surface area contributed by atoms with E-state index >= 15 is 0 Å². The molecule has 0 aliphatic heterocycles. The van der Waals surface area contributed by atoms with Crippen molar-refractivity contribution in [1.29, 1.82) is 0 Å². The number of benzene rings is 2. The van der Waals surface area contributed by atoms with Crippen molar-refractivity contribution >= 4 is 5.91 Å². The predicted octanol–water partition coefficient (Wildman–Crippen LogP) is 4.52. The van der Waals surface area contributed by atoms with Crippen molar-refractivity contribution in [3.05, 3.63) is 65.2 Å². The molecule has 0 atom stereocenters. The summed E-state index contributed by atoms with van der Waals surface area (Å²) in [5.74, 6) is 0.578. The molecule has 0 spiro atoms. The molecule has 1 amide bonds. The summed E-state index contributed by atoms with van der Waals surface area (Å²) in [4.78, 5) is 11.8. The monoisotopic (exact) mass is 351 g/mol. The fraction of sp³-hybridized carbons (Fsp3) is 0.316. The van der Waals surface area contributed by atoms with Gasteiger partial charge in [0.1, 0.15) is 5.75 Å². The number of alkyl halides is 3. The van der Waals surface area contributed by atoms with Gasteiger partial charge in [-0.15, -0.1) is 0 Å². The Morgan fingerprint density at radius 1 is 1.12 bits per heavy atom. The largest absolute Gasteiger partial charge is 0.484 e. The van der Waals surface area contributed by atoms with Crippen molar-refractivity contribution < 1.29 is 22.7 Å². The smallest absolute Gasteiger partial charge is 0.416 e. The second-order valence-corrected chi connectivity index (χ2v) is 5.99. The Hall–Kier alpha value is -2.50. The predicted molar refractivity (Wildman–Crippen MR) is 89.3 cm³/mol. The molecule has 0 saturated carbocycles. The number of hydrogen-bond donors (Lipinski definition) is 1. The molecule has 0 fully saturated rings. The minimum absolute atomic E-state index is 0.0123. The van der Waals surface area contributed by atoms with E-state index < -0.39 is 17.6 Å². The Morgan fingerprint density at radius 3 is 2.40 bits per heavy atom. The van der Waals surface area contributed by atoms with Crippen LogP contribution in [0.3, 0.4) is 0 Å². The van der Waals surface area contributed by atoms with Crippen LogP contribution in [-0.4, -0.2) is 12.5 Å². The van der Waals surface area contributed by atoms with Crippen LogP contribution in [0.4, 0.5) is 13.2 Å². The zero-order valence-electron chi connectivity index (χ0n) is 14.1. The maximum atomic E-state index is 12.6. The maximum Gasteiger partial charge on any atom is 0.416 e. The number of hydrogen-bond acceptors (Lipinski definition) is 2. The van der Waals surface area contributed by atoms with Crippen LogP contribution >= 0.6 is 0 Å². The molecule has 0 radical (unpaired) electrons. The second kappa shape index (κ2) is 8.05. The molecule has 0 aliphatic carbocycles. The molecular weight excluding hydrogens is 331 g/mol. The minimum Gasteiger partial charge on any atom is -0.484 e. The van der Waals surface area contributed by atoms with Gasteiger partial charge in [-0.05, 0) is 41.3 Å². The summed E-state index contributed by atoms with van der Waals surface area (Å²) in [5.41, 5.74) is 0.812. The summed E-state index contributed by atoms with van der Waals surface area (Å²) in [7, 11) is 0. The van der Waals surface area contributed by atoms with E-state index in [1.807, 2.05) is 12.1 Å². The van der Waals surface area contributed by atoms with Gasteiger partial charge in [0.05, 0.1) is 5.56 Å². The van der Waals surface area contributed by atoms with Crippen LogP contribution in [0.1, 0.15) is 36.5 Å². The number of amides is 1. The lowest BCUT2D eigenvalue weighted by atomic mass is 10.0. The van der Waals surface area contributed by atoms with Gasteiger partial charge in [0.15, 0.2) is 6.61 Å². The van der Waals surface area contributed by atoms with Gasteiger partial charge in [-0.3, -0.25) is 4.79 Å². The van der Waals surface area contributed by atoms with Gasteiger partial charge in [0.2, 0.25) is 0 Å². The zero-order chi connectivity index (χ0) is 18.4. The molecule has 2 aromatic carbocycles. The molecule has 1 N–H and O–H groups in total. The number of carbonyl (C=O) groups excluding carboxylic acids is 1. The number of halogens is 3. The van der Waals surface area contributed by atoms with E-state index in [4.69, 9.17) is 4.74 Å². The molecule has 2 rings (SSSR count). The van der Waals surface area contributed by atoms with Crippen LogP contribution in [-0.2, 0) is 17.5 Å². The quantitative estimate of drug-likeness (QED) is 0.831. The fourth-order valence-electron chi connectivity index (χ4n) is 2.21. The summed E-state index contributed by atoms with van der Waals surface area (Å²) in [5, 5.41) is 2.55. The third-order valence-electron chi connectivity index (χ3n) is 3.66. The molecule has 2 aromatic rings. The molecular formula is C19H20F3NO2. The van der Waals surface area contributed by atoms with E-state index in [0.29, 0.717) is 17.2 Å². The summed E-state index contributed by atoms with van der Waals surface area (Å²) in [6.45, 7) is 3.98. The Morgan fingerprint density at radius 2 is 1.80 bits per heavy atom. The summed E-state index contributed by atoms with van der Waals surface area (Å²) in [6.07, 6.45) is -4.40. The van der Waals surface area contributed by atoms with Crippen molar-refractivity contribution in [2.45, 2.75) is 32.5 Å². The number of ether oxygens (including phenoxy) is 1. The first-order valence-corrected chi connectivity index (χ1v) is 7.91. The lowest BCUT2D eigenvalue weighted by Crippen LogP contribution is -2.28. The van der Waals surface area contributed by atoms with Crippen LogP contribution in [0.5, 0.6) is 5.75 Å². The summed E-state index contributed by atoms with van der Waals surface area (Å²) in [6, 6.07) is 12.3. The van der Waals surface area contributed by atoms with Gasteiger partial charge in [-0.25, -0.2) is 0 Å². The Balaban J connectivity index is 1.83. The molecule has 0 bridgehead atoms. The third-order valence-corrected chi connectivity index (χ3v) is 3.66. The van der Waals surface area contributed by atoms with Gasteiger partial charge in [0, 0.05) is 6.54 Å². The first-order chi connectivity index (χ1) is 11.8. The Kier molecular flexibility index (Phi) is 6.07. The van der Waals surface area contributed by atoms with Gasteiger partial charge in [0.25, 0.3) is 5.91 Å². The third kappa shape index (κ3) is 5.81. The van der Waals surface area contributed by atoms with Crippen molar-refractivity contribution in [2.75, 3.05) is 6.61 Å². The minimum atomic E-state index is -4.40. The van der Waals surface area contributed by atoms with E-state index in [2.05, 4.69) is 19.2 Å². The first kappa shape index (κ1) is 18.8. The topological polar surface area (TPSA) is 38.3 Å². The summed E-state index contributed by atoms with van der Waals surface area (Å²) >= 11 is 0. The fourth-order valence-corrected chi connectivity index (χ4v) is 2.21. The molecule has 0 aliphatic rings. The molecule has 0 unspecified atom stereocenters. The lowest BCUT2D eigenvalue weighted by Gasteiger charge is -2.11. The Labute approximate surface area is 144 Å². The van der Waals surface area contributed by atoms with E-state index in [-0.39, 0.29) is 13.2 Å². The summed E-state index contributed by atoms with van der Waals surface area (Å²) < 4.78 is 43.3. The van der Waals surface area contributed by atoms with E-state index in [9.17, 15) is 18.0 Å². The average Bonchev–Trinajstić information content (AvgIpc) is 2.58. The highest BCUT2D eigenvalue weighted by Gasteiger charge is 2.30. The number of rotatable bonds is 6. The van der Waals surface area contributed by atoms with Gasteiger partial charge < -0.3 is 10.1 Å². The standard InChI is InChI=1S/C19H20F3NO2/c1-13(2)15-6-8-17(9-7-15)25-12-18(24)23-11-14-4-3-5-16(10-14)19(20,21)22/h3-10,13H,11-12H2,1-2H3,(H,23,24). The highest BCUT2D eigenvalue weighted by Crippen LogP contribution is 2.29.